The Bertz CT molecular complexity index is 922. The summed E-state index contributed by atoms with van der Waals surface area (Å²) in [7, 11) is 0. The Morgan fingerprint density at radius 3 is 2.76 bits per heavy atom. The van der Waals surface area contributed by atoms with Gasteiger partial charge in [0.2, 0.25) is 0 Å². The lowest BCUT2D eigenvalue weighted by molar-refractivity contribution is 0.619. The predicted octanol–water partition coefficient (Wildman–Crippen LogP) is 3.99. The summed E-state index contributed by atoms with van der Waals surface area (Å²) < 4.78 is 2.06. The normalized spacial score (nSPS) is 12.6. The van der Waals surface area contributed by atoms with Gasteiger partial charge in [-0.25, -0.2) is 4.99 Å². The number of nitrogens with zero attached hydrogens (tertiary/aromatic N) is 4. The molecule has 0 amide bonds. The van der Waals surface area contributed by atoms with E-state index in [9.17, 15) is 0 Å². The van der Waals surface area contributed by atoms with Gasteiger partial charge in [0.1, 0.15) is 12.2 Å². The topological polar surface area (TPSA) is 67.1 Å². The van der Waals surface area contributed by atoms with Crippen molar-refractivity contribution < 1.29 is 0 Å². The van der Waals surface area contributed by atoms with E-state index in [4.69, 9.17) is 16.6 Å². The molecule has 6 nitrogen and oxygen atoms in total. The second-order valence-corrected chi connectivity index (χ2v) is 7.23. The summed E-state index contributed by atoms with van der Waals surface area (Å²) >= 11 is 6.10. The standard InChI is InChI=1S/C22H27ClN6/c1-3-21-28-26-16-29(21)13-12-24-22(25-15-18-8-7-11-20(23)14-18)27-17(2)19-9-5-4-6-10-19/h4-11,14,16-17H,3,12-13,15H2,1-2H3,(H2,24,25,27). The minimum atomic E-state index is 0.128. The van der Waals surface area contributed by atoms with Gasteiger partial charge >= 0.3 is 0 Å². The number of guanidine groups is 1. The van der Waals surface area contributed by atoms with Gasteiger partial charge in [-0.05, 0) is 30.2 Å². The lowest BCUT2D eigenvalue weighted by Crippen LogP contribution is -2.40. The van der Waals surface area contributed by atoms with Crippen LogP contribution in [0.5, 0.6) is 0 Å². The zero-order valence-electron chi connectivity index (χ0n) is 16.8. The summed E-state index contributed by atoms with van der Waals surface area (Å²) in [5, 5.41) is 15.8. The maximum atomic E-state index is 6.10. The summed E-state index contributed by atoms with van der Waals surface area (Å²) in [6, 6.07) is 18.2. The first-order valence-corrected chi connectivity index (χ1v) is 10.2. The molecule has 1 unspecified atom stereocenters. The number of nitrogens with one attached hydrogen (secondary N) is 2. The van der Waals surface area contributed by atoms with Crippen LogP contribution in [0.25, 0.3) is 0 Å². The maximum Gasteiger partial charge on any atom is 0.192 e. The SMILES string of the molecule is CCc1nncn1CCNC(=NCc1cccc(Cl)c1)NC(C)c1ccccc1. The minimum Gasteiger partial charge on any atom is -0.355 e. The summed E-state index contributed by atoms with van der Waals surface area (Å²) in [4.78, 5) is 4.76. The van der Waals surface area contributed by atoms with Crippen LogP contribution in [0.1, 0.15) is 36.8 Å². The lowest BCUT2D eigenvalue weighted by Gasteiger charge is -2.19. The number of rotatable bonds is 8. The van der Waals surface area contributed by atoms with Crippen LogP contribution in [0.3, 0.4) is 0 Å². The number of hydrogen-bond donors (Lipinski definition) is 2. The molecule has 0 radical (unpaired) electrons. The number of aryl methyl sites for hydroxylation is 1. The van der Waals surface area contributed by atoms with E-state index in [2.05, 4.69) is 51.4 Å². The smallest absolute Gasteiger partial charge is 0.192 e. The molecule has 7 heteroatoms. The van der Waals surface area contributed by atoms with E-state index in [1.165, 1.54) is 5.56 Å². The molecule has 0 aliphatic carbocycles. The van der Waals surface area contributed by atoms with Crippen molar-refractivity contribution in [1.29, 1.82) is 0 Å². The van der Waals surface area contributed by atoms with Gasteiger partial charge in [-0.3, -0.25) is 0 Å². The van der Waals surface area contributed by atoms with Crippen LogP contribution < -0.4 is 10.6 Å². The number of benzene rings is 2. The molecule has 0 aliphatic rings. The van der Waals surface area contributed by atoms with Crippen LogP contribution >= 0.6 is 11.6 Å². The Kier molecular flexibility index (Phi) is 7.64. The molecule has 1 aromatic heterocycles. The third kappa shape index (κ3) is 6.32. The number of aromatic nitrogens is 3. The van der Waals surface area contributed by atoms with E-state index in [1.54, 1.807) is 6.33 Å². The molecule has 3 rings (SSSR count). The molecule has 0 bridgehead atoms. The number of halogens is 1. The summed E-state index contributed by atoms with van der Waals surface area (Å²) in [5.41, 5.74) is 2.27. The van der Waals surface area contributed by atoms with Gasteiger partial charge in [-0.15, -0.1) is 10.2 Å². The first kappa shape index (κ1) is 20.9. The lowest BCUT2D eigenvalue weighted by atomic mass is 10.1. The predicted molar refractivity (Wildman–Crippen MR) is 118 cm³/mol. The van der Waals surface area contributed by atoms with Crippen molar-refractivity contribution in [2.24, 2.45) is 4.99 Å². The summed E-state index contributed by atoms with van der Waals surface area (Å²) in [6.07, 6.45) is 2.63. The molecule has 1 heterocycles. The van der Waals surface area contributed by atoms with Crippen molar-refractivity contribution in [2.45, 2.75) is 39.4 Å². The highest BCUT2D eigenvalue weighted by molar-refractivity contribution is 6.30. The van der Waals surface area contributed by atoms with Crippen LogP contribution in [-0.4, -0.2) is 27.3 Å². The fraction of sp³-hybridized carbons (Fsp3) is 0.318. The van der Waals surface area contributed by atoms with Crippen LogP contribution in [0.15, 0.2) is 65.9 Å². The van der Waals surface area contributed by atoms with Crippen molar-refractivity contribution in [3.8, 4) is 0 Å². The van der Waals surface area contributed by atoms with Crippen LogP contribution in [0.4, 0.5) is 0 Å². The van der Waals surface area contributed by atoms with Gasteiger partial charge in [0, 0.05) is 24.5 Å². The third-order valence-corrected chi connectivity index (χ3v) is 4.85. The minimum absolute atomic E-state index is 0.128. The highest BCUT2D eigenvalue weighted by Crippen LogP contribution is 2.13. The zero-order chi connectivity index (χ0) is 20.5. The van der Waals surface area contributed by atoms with Crippen molar-refractivity contribution >= 4 is 17.6 Å². The van der Waals surface area contributed by atoms with E-state index >= 15 is 0 Å². The average molecular weight is 411 g/mol. The summed E-state index contributed by atoms with van der Waals surface area (Å²) in [5.74, 6) is 1.74. The largest absolute Gasteiger partial charge is 0.355 e. The molecule has 29 heavy (non-hydrogen) atoms. The molecule has 1 atom stereocenters. The fourth-order valence-corrected chi connectivity index (χ4v) is 3.24. The molecule has 0 saturated carbocycles. The van der Waals surface area contributed by atoms with Crippen LogP contribution in [0, 0.1) is 0 Å². The first-order valence-electron chi connectivity index (χ1n) is 9.86. The Morgan fingerprint density at radius 1 is 1.17 bits per heavy atom. The second-order valence-electron chi connectivity index (χ2n) is 6.79. The quantitative estimate of drug-likeness (QED) is 0.435. The van der Waals surface area contributed by atoms with E-state index in [0.717, 1.165) is 35.3 Å². The van der Waals surface area contributed by atoms with Gasteiger partial charge in [0.15, 0.2) is 5.96 Å². The van der Waals surface area contributed by atoms with Crippen molar-refractivity contribution in [3.63, 3.8) is 0 Å². The highest BCUT2D eigenvalue weighted by atomic mass is 35.5. The Labute approximate surface area is 177 Å². The fourth-order valence-electron chi connectivity index (χ4n) is 3.02. The Morgan fingerprint density at radius 2 is 2.00 bits per heavy atom. The molecular formula is C22H27ClN6. The highest BCUT2D eigenvalue weighted by Gasteiger charge is 2.08. The van der Waals surface area contributed by atoms with E-state index < -0.39 is 0 Å². The van der Waals surface area contributed by atoms with E-state index in [-0.39, 0.29) is 6.04 Å². The molecule has 0 saturated heterocycles. The Hall–Kier alpha value is -2.86. The van der Waals surface area contributed by atoms with Gasteiger partial charge in [0.05, 0.1) is 12.6 Å². The molecule has 2 N–H and O–H groups in total. The molecule has 0 fully saturated rings. The van der Waals surface area contributed by atoms with E-state index in [1.807, 2.05) is 42.5 Å². The van der Waals surface area contributed by atoms with Crippen molar-refractivity contribution in [3.05, 3.63) is 82.9 Å². The average Bonchev–Trinajstić information content (AvgIpc) is 3.20. The summed E-state index contributed by atoms with van der Waals surface area (Å²) in [6.45, 7) is 6.24. The third-order valence-electron chi connectivity index (χ3n) is 4.62. The van der Waals surface area contributed by atoms with Crippen molar-refractivity contribution in [1.82, 2.24) is 25.4 Å². The number of hydrogen-bond acceptors (Lipinski definition) is 3. The van der Waals surface area contributed by atoms with E-state index in [0.29, 0.717) is 13.1 Å². The van der Waals surface area contributed by atoms with Crippen LogP contribution in [-0.2, 0) is 19.5 Å². The van der Waals surface area contributed by atoms with Gasteiger partial charge < -0.3 is 15.2 Å². The van der Waals surface area contributed by atoms with Gasteiger partial charge in [-0.2, -0.15) is 0 Å². The monoisotopic (exact) mass is 410 g/mol. The maximum absolute atomic E-state index is 6.10. The van der Waals surface area contributed by atoms with Gasteiger partial charge in [-0.1, -0.05) is 61.0 Å². The molecular weight excluding hydrogens is 384 g/mol. The first-order chi connectivity index (χ1) is 14.2. The molecule has 3 aromatic rings. The number of aliphatic imine (C=N–C) groups is 1. The Balaban J connectivity index is 1.67. The molecule has 0 spiro atoms. The van der Waals surface area contributed by atoms with Crippen molar-refractivity contribution in [2.75, 3.05) is 6.54 Å². The van der Waals surface area contributed by atoms with Gasteiger partial charge in [0.25, 0.3) is 0 Å². The molecule has 0 aliphatic heterocycles. The molecule has 2 aromatic carbocycles. The van der Waals surface area contributed by atoms with Crippen LogP contribution in [0.2, 0.25) is 5.02 Å². The second kappa shape index (κ2) is 10.6. The molecule has 152 valence electrons. The zero-order valence-corrected chi connectivity index (χ0v) is 17.6.